The Balaban J connectivity index is 1.82. The number of rotatable bonds is 4. The van der Waals surface area contributed by atoms with Crippen molar-refractivity contribution in [3.63, 3.8) is 0 Å². The van der Waals surface area contributed by atoms with Gasteiger partial charge >= 0.3 is 0 Å². The van der Waals surface area contributed by atoms with Crippen molar-refractivity contribution in [3.05, 3.63) is 29.8 Å². The Kier molecular flexibility index (Phi) is 4.57. The summed E-state index contributed by atoms with van der Waals surface area (Å²) in [4.78, 5) is 24.9. The van der Waals surface area contributed by atoms with Crippen LogP contribution in [0.2, 0.25) is 0 Å². The molecule has 1 aromatic carbocycles. The Labute approximate surface area is 118 Å². The first-order valence-corrected chi connectivity index (χ1v) is 6.71. The van der Waals surface area contributed by atoms with Gasteiger partial charge in [-0.3, -0.25) is 14.5 Å². The number of nitrogen functional groups attached to an aromatic ring is 1. The highest BCUT2D eigenvalue weighted by molar-refractivity contribution is 5.94. The normalized spacial score (nSPS) is 16.8. The van der Waals surface area contributed by atoms with Crippen molar-refractivity contribution >= 4 is 17.5 Å². The molecule has 0 radical (unpaired) electrons. The molecule has 0 aromatic heterocycles. The fourth-order valence-electron chi connectivity index (χ4n) is 2.36. The van der Waals surface area contributed by atoms with E-state index in [9.17, 15) is 9.59 Å². The highest BCUT2D eigenvalue weighted by atomic mass is 16.2. The van der Waals surface area contributed by atoms with Gasteiger partial charge in [0, 0.05) is 30.4 Å². The van der Waals surface area contributed by atoms with E-state index >= 15 is 0 Å². The first-order valence-electron chi connectivity index (χ1n) is 6.71. The molecule has 1 fully saturated rings. The summed E-state index contributed by atoms with van der Waals surface area (Å²) in [5, 5.41) is 3.01. The maximum absolute atomic E-state index is 12.0. The molecular weight excluding hydrogens is 256 g/mol. The maximum Gasteiger partial charge on any atom is 0.251 e. The molecule has 5 N–H and O–H groups in total. The van der Waals surface area contributed by atoms with Gasteiger partial charge in [0.2, 0.25) is 5.91 Å². The molecule has 6 nitrogen and oxygen atoms in total. The van der Waals surface area contributed by atoms with Crippen molar-refractivity contribution in [1.82, 2.24) is 10.2 Å². The van der Waals surface area contributed by atoms with Crippen LogP contribution in [0.5, 0.6) is 0 Å². The molecule has 108 valence electrons. The van der Waals surface area contributed by atoms with Gasteiger partial charge in [-0.1, -0.05) is 0 Å². The Morgan fingerprint density at radius 3 is 2.35 bits per heavy atom. The number of likely N-dealkylation sites (tertiary alicyclic amines) is 1. The van der Waals surface area contributed by atoms with Crippen molar-refractivity contribution in [2.75, 3.05) is 25.4 Å². The summed E-state index contributed by atoms with van der Waals surface area (Å²) >= 11 is 0. The topological polar surface area (TPSA) is 101 Å². The number of nitrogens with two attached hydrogens (primary N) is 2. The van der Waals surface area contributed by atoms with E-state index in [1.165, 1.54) is 0 Å². The van der Waals surface area contributed by atoms with E-state index in [1.807, 2.05) is 4.90 Å². The Bertz CT molecular complexity index is 478. The van der Waals surface area contributed by atoms with Gasteiger partial charge in [0.05, 0.1) is 6.54 Å². The van der Waals surface area contributed by atoms with Crippen LogP contribution in [0.25, 0.3) is 0 Å². The molecule has 2 amide bonds. The number of hydrogen-bond acceptors (Lipinski definition) is 4. The number of primary amides is 1. The van der Waals surface area contributed by atoms with Gasteiger partial charge in [0.15, 0.2) is 0 Å². The summed E-state index contributed by atoms with van der Waals surface area (Å²) in [6.07, 6.45) is 1.65. The molecule has 0 bridgehead atoms. The lowest BCUT2D eigenvalue weighted by Gasteiger charge is -2.31. The molecular formula is C14H20N4O2. The van der Waals surface area contributed by atoms with Gasteiger partial charge in [-0.15, -0.1) is 0 Å². The van der Waals surface area contributed by atoms with E-state index in [1.54, 1.807) is 24.3 Å². The minimum Gasteiger partial charge on any atom is -0.399 e. The first-order chi connectivity index (χ1) is 9.54. The van der Waals surface area contributed by atoms with Crippen molar-refractivity contribution in [1.29, 1.82) is 0 Å². The summed E-state index contributed by atoms with van der Waals surface area (Å²) in [7, 11) is 0. The second-order valence-electron chi connectivity index (χ2n) is 5.11. The zero-order valence-corrected chi connectivity index (χ0v) is 11.3. The van der Waals surface area contributed by atoms with Crippen LogP contribution in [0, 0.1) is 0 Å². The summed E-state index contributed by atoms with van der Waals surface area (Å²) in [5.41, 5.74) is 12.0. The van der Waals surface area contributed by atoms with Gasteiger partial charge in [-0.2, -0.15) is 0 Å². The largest absolute Gasteiger partial charge is 0.399 e. The molecule has 0 saturated carbocycles. The molecule has 20 heavy (non-hydrogen) atoms. The third-order valence-corrected chi connectivity index (χ3v) is 3.48. The number of nitrogens with one attached hydrogen (secondary N) is 1. The third-order valence-electron chi connectivity index (χ3n) is 3.48. The molecule has 1 aromatic rings. The van der Waals surface area contributed by atoms with E-state index in [0.717, 1.165) is 25.9 Å². The second-order valence-corrected chi connectivity index (χ2v) is 5.11. The quantitative estimate of drug-likeness (QED) is 0.671. The van der Waals surface area contributed by atoms with Crippen LogP contribution in [-0.4, -0.2) is 42.4 Å². The average molecular weight is 276 g/mol. The van der Waals surface area contributed by atoms with E-state index in [2.05, 4.69) is 5.32 Å². The fraction of sp³-hybridized carbons (Fsp3) is 0.429. The van der Waals surface area contributed by atoms with E-state index in [-0.39, 0.29) is 17.9 Å². The number of nitrogens with zero attached hydrogens (tertiary/aromatic N) is 1. The van der Waals surface area contributed by atoms with Crippen molar-refractivity contribution in [2.24, 2.45) is 5.73 Å². The predicted octanol–water partition coefficient (Wildman–Crippen LogP) is -0.0517. The lowest BCUT2D eigenvalue weighted by Crippen LogP contribution is -2.46. The summed E-state index contributed by atoms with van der Waals surface area (Å²) < 4.78 is 0. The van der Waals surface area contributed by atoms with Crippen LogP contribution >= 0.6 is 0 Å². The molecule has 0 spiro atoms. The standard InChI is InChI=1S/C14H20N4O2/c15-11-3-1-10(2-4-11)14(20)17-12-5-7-18(8-6-12)9-13(16)19/h1-4,12H,5-9,15H2,(H2,16,19)(H,17,20). The van der Waals surface area contributed by atoms with Gasteiger partial charge in [0.25, 0.3) is 5.91 Å². The number of carbonyl (C=O) groups excluding carboxylic acids is 2. The van der Waals surface area contributed by atoms with E-state index in [4.69, 9.17) is 11.5 Å². The summed E-state index contributed by atoms with van der Waals surface area (Å²) in [6, 6.07) is 7.00. The zero-order valence-electron chi connectivity index (χ0n) is 11.3. The molecule has 2 rings (SSSR count). The van der Waals surface area contributed by atoms with E-state index in [0.29, 0.717) is 17.8 Å². The minimum atomic E-state index is -0.311. The number of carbonyl (C=O) groups is 2. The fourth-order valence-corrected chi connectivity index (χ4v) is 2.36. The zero-order chi connectivity index (χ0) is 14.5. The lowest BCUT2D eigenvalue weighted by atomic mass is 10.0. The molecule has 0 aliphatic carbocycles. The van der Waals surface area contributed by atoms with Crippen LogP contribution in [-0.2, 0) is 4.79 Å². The lowest BCUT2D eigenvalue weighted by molar-refractivity contribution is -0.119. The third kappa shape index (κ3) is 3.96. The Morgan fingerprint density at radius 1 is 1.20 bits per heavy atom. The van der Waals surface area contributed by atoms with E-state index < -0.39 is 0 Å². The molecule has 1 heterocycles. The van der Waals surface area contributed by atoms with Crippen molar-refractivity contribution < 1.29 is 9.59 Å². The second kappa shape index (κ2) is 6.38. The predicted molar refractivity (Wildman–Crippen MR) is 77.0 cm³/mol. The molecule has 1 saturated heterocycles. The number of hydrogen-bond donors (Lipinski definition) is 3. The number of piperidine rings is 1. The maximum atomic E-state index is 12.0. The minimum absolute atomic E-state index is 0.0849. The Hall–Kier alpha value is -2.08. The van der Waals surface area contributed by atoms with Crippen LogP contribution in [0.15, 0.2) is 24.3 Å². The van der Waals surface area contributed by atoms with Gasteiger partial charge in [0.1, 0.15) is 0 Å². The van der Waals surface area contributed by atoms with Gasteiger partial charge in [-0.05, 0) is 37.1 Å². The summed E-state index contributed by atoms with van der Waals surface area (Å²) in [6.45, 7) is 1.84. The highest BCUT2D eigenvalue weighted by Gasteiger charge is 2.21. The number of amides is 2. The van der Waals surface area contributed by atoms with Crippen LogP contribution < -0.4 is 16.8 Å². The molecule has 1 aliphatic heterocycles. The molecule has 1 aliphatic rings. The monoisotopic (exact) mass is 276 g/mol. The van der Waals surface area contributed by atoms with Gasteiger partial charge < -0.3 is 16.8 Å². The van der Waals surface area contributed by atoms with Crippen LogP contribution in [0.4, 0.5) is 5.69 Å². The number of anilines is 1. The van der Waals surface area contributed by atoms with Crippen LogP contribution in [0.1, 0.15) is 23.2 Å². The highest BCUT2D eigenvalue weighted by Crippen LogP contribution is 2.11. The van der Waals surface area contributed by atoms with Crippen molar-refractivity contribution in [2.45, 2.75) is 18.9 Å². The van der Waals surface area contributed by atoms with Gasteiger partial charge in [-0.25, -0.2) is 0 Å². The van der Waals surface area contributed by atoms with Crippen molar-refractivity contribution in [3.8, 4) is 0 Å². The molecule has 6 heteroatoms. The summed E-state index contributed by atoms with van der Waals surface area (Å²) in [5.74, 6) is -0.396. The smallest absolute Gasteiger partial charge is 0.251 e. The molecule has 0 atom stereocenters. The first kappa shape index (κ1) is 14.3. The SMILES string of the molecule is NC(=O)CN1CCC(NC(=O)c2ccc(N)cc2)CC1. The number of benzene rings is 1. The Morgan fingerprint density at radius 2 is 1.80 bits per heavy atom. The molecule has 0 unspecified atom stereocenters. The van der Waals surface area contributed by atoms with Crippen LogP contribution in [0.3, 0.4) is 0 Å². The average Bonchev–Trinajstić information content (AvgIpc) is 2.41.